The van der Waals surface area contributed by atoms with E-state index in [1.165, 1.54) is 17.7 Å². The van der Waals surface area contributed by atoms with E-state index >= 15 is 0 Å². The molecule has 3 N–H and O–H groups in total. The molecule has 10 heteroatoms. The molecule has 0 aliphatic rings. The van der Waals surface area contributed by atoms with E-state index < -0.39 is 34.4 Å². The molecule has 0 saturated heterocycles. The summed E-state index contributed by atoms with van der Waals surface area (Å²) in [5.74, 6) is -2.61. The van der Waals surface area contributed by atoms with Crippen molar-refractivity contribution in [2.75, 3.05) is 30.9 Å². The highest BCUT2D eigenvalue weighted by molar-refractivity contribution is 6.05. The second-order valence-corrected chi connectivity index (χ2v) is 6.45. The summed E-state index contributed by atoms with van der Waals surface area (Å²) in [6.45, 7) is 2.17. The number of hydrogen-bond acceptors (Lipinski definition) is 5. The Balaban J connectivity index is 2.49. The van der Waals surface area contributed by atoms with Gasteiger partial charge in [-0.3, -0.25) is 24.0 Å². The van der Waals surface area contributed by atoms with Crippen molar-refractivity contribution < 1.29 is 18.3 Å². The van der Waals surface area contributed by atoms with Crippen LogP contribution >= 0.6 is 0 Å². The fourth-order valence-corrected chi connectivity index (χ4v) is 2.81. The minimum Gasteiger partial charge on any atom is -0.383 e. The zero-order chi connectivity index (χ0) is 22.3. The molecule has 1 aromatic carbocycles. The van der Waals surface area contributed by atoms with Gasteiger partial charge in [-0.15, -0.1) is 0 Å². The van der Waals surface area contributed by atoms with Gasteiger partial charge in [-0.2, -0.15) is 0 Å². The van der Waals surface area contributed by atoms with Crippen LogP contribution in [0.2, 0.25) is 0 Å². The number of unbranched alkanes of at least 4 members (excludes halogenated alkanes) is 1. The first-order chi connectivity index (χ1) is 14.3. The molecule has 0 radical (unpaired) electrons. The Morgan fingerprint density at radius 1 is 1.30 bits per heavy atom. The van der Waals surface area contributed by atoms with Gasteiger partial charge < -0.3 is 10.5 Å². The maximum Gasteiger partial charge on any atom is 0.330 e. The second-order valence-electron chi connectivity index (χ2n) is 6.45. The lowest BCUT2D eigenvalue weighted by Gasteiger charge is -2.23. The Bertz CT molecular complexity index is 1030. The van der Waals surface area contributed by atoms with E-state index in [0.29, 0.717) is 6.42 Å². The van der Waals surface area contributed by atoms with E-state index in [1.807, 2.05) is 6.92 Å². The number of nitrogens with one attached hydrogen (secondary N) is 1. The predicted molar refractivity (Wildman–Crippen MR) is 110 cm³/mol. The fraction of sp³-hybridized carbons (Fsp3) is 0.350. The fourth-order valence-electron chi connectivity index (χ4n) is 2.81. The van der Waals surface area contributed by atoms with Gasteiger partial charge in [-0.05, 0) is 24.6 Å². The topological polar surface area (TPSA) is 110 Å². The lowest BCUT2D eigenvalue weighted by atomic mass is 10.2. The molecule has 0 atom stereocenters. The van der Waals surface area contributed by atoms with Gasteiger partial charge in [-0.1, -0.05) is 19.4 Å². The Hall–Kier alpha value is -3.27. The molecule has 0 unspecified atom stereocenters. The maximum atomic E-state index is 13.8. The highest BCUT2D eigenvalue weighted by atomic mass is 19.1. The van der Waals surface area contributed by atoms with Crippen molar-refractivity contribution >= 4 is 23.5 Å². The maximum absolute atomic E-state index is 13.8. The number of carbonyl (C=O) groups excluding carboxylic acids is 1. The minimum absolute atomic E-state index is 0.0562. The number of H-pyrrole nitrogens is 1. The van der Waals surface area contributed by atoms with E-state index in [1.54, 1.807) is 0 Å². The smallest absolute Gasteiger partial charge is 0.330 e. The van der Waals surface area contributed by atoms with Gasteiger partial charge in [0, 0.05) is 31.8 Å². The zero-order valence-corrected chi connectivity index (χ0v) is 16.8. The molecule has 0 bridgehead atoms. The number of anilines is 2. The summed E-state index contributed by atoms with van der Waals surface area (Å²) in [7, 11) is 1.41. The molecule has 2 rings (SSSR count). The number of halogens is 2. The monoisotopic (exact) mass is 422 g/mol. The first-order valence-corrected chi connectivity index (χ1v) is 9.36. The Morgan fingerprint density at radius 3 is 2.57 bits per heavy atom. The Labute approximate surface area is 171 Å². The van der Waals surface area contributed by atoms with Crippen LogP contribution in [0, 0.1) is 11.6 Å². The number of methoxy groups -OCH3 is 1. The summed E-state index contributed by atoms with van der Waals surface area (Å²) >= 11 is 0. The van der Waals surface area contributed by atoms with Crippen molar-refractivity contribution in [2.45, 2.75) is 26.3 Å². The minimum atomic E-state index is -0.847. The van der Waals surface area contributed by atoms with Crippen LogP contribution in [-0.2, 0) is 16.1 Å². The molecule has 0 fully saturated rings. The van der Waals surface area contributed by atoms with Crippen molar-refractivity contribution in [3.63, 3.8) is 0 Å². The van der Waals surface area contributed by atoms with E-state index in [2.05, 4.69) is 4.98 Å². The zero-order valence-electron chi connectivity index (χ0n) is 16.8. The third-order valence-electron chi connectivity index (χ3n) is 4.40. The molecule has 0 spiro atoms. The normalized spacial score (nSPS) is 11.2. The SMILES string of the molecule is CCCCn1c(N)c(N(CCOC)C(=O)C=Cc2c(F)cccc2F)c(=O)[nH]c1=O. The molecular weight excluding hydrogens is 398 g/mol. The number of nitrogens with zero attached hydrogens (tertiary/aromatic N) is 2. The van der Waals surface area contributed by atoms with Crippen molar-refractivity contribution in [1.29, 1.82) is 0 Å². The number of aromatic amines is 1. The molecule has 8 nitrogen and oxygen atoms in total. The van der Waals surface area contributed by atoms with E-state index in [9.17, 15) is 23.2 Å². The van der Waals surface area contributed by atoms with Gasteiger partial charge in [0.15, 0.2) is 5.69 Å². The molecule has 1 heterocycles. The van der Waals surface area contributed by atoms with Crippen LogP contribution in [0.25, 0.3) is 6.08 Å². The highest BCUT2D eigenvalue weighted by Gasteiger charge is 2.23. The molecule has 30 heavy (non-hydrogen) atoms. The third kappa shape index (κ3) is 5.20. The third-order valence-corrected chi connectivity index (χ3v) is 4.40. The molecule has 0 aliphatic heterocycles. The van der Waals surface area contributed by atoms with Crippen LogP contribution < -0.4 is 21.9 Å². The molecule has 1 amide bonds. The largest absolute Gasteiger partial charge is 0.383 e. The van der Waals surface area contributed by atoms with Crippen LogP contribution in [0.5, 0.6) is 0 Å². The van der Waals surface area contributed by atoms with Gasteiger partial charge in [-0.25, -0.2) is 13.6 Å². The standard InChI is InChI=1S/C20H24F2N4O4/c1-3-4-10-26-18(23)17(19(28)24-20(26)29)25(11-12-30-2)16(27)9-8-13-14(21)6-5-7-15(13)22/h5-9H,3-4,10-12,23H2,1-2H3,(H,24,28,29). The summed E-state index contributed by atoms with van der Waals surface area (Å²) in [5.41, 5.74) is 3.90. The summed E-state index contributed by atoms with van der Waals surface area (Å²) in [6.07, 6.45) is 3.32. The van der Waals surface area contributed by atoms with E-state index in [-0.39, 0.29) is 31.2 Å². The molecular formula is C20H24F2N4O4. The number of amides is 1. The number of ether oxygens (including phenoxy) is 1. The average molecular weight is 422 g/mol. The Morgan fingerprint density at radius 2 is 1.97 bits per heavy atom. The molecule has 0 saturated carbocycles. The number of rotatable bonds is 9. The average Bonchev–Trinajstić information content (AvgIpc) is 2.69. The van der Waals surface area contributed by atoms with E-state index in [0.717, 1.165) is 35.6 Å². The lowest BCUT2D eigenvalue weighted by Crippen LogP contribution is -2.42. The summed E-state index contributed by atoms with van der Waals surface area (Å²) in [6, 6.07) is 3.32. The predicted octanol–water partition coefficient (Wildman–Crippen LogP) is 1.89. The van der Waals surface area contributed by atoms with Crippen LogP contribution in [-0.4, -0.2) is 35.7 Å². The summed E-state index contributed by atoms with van der Waals surface area (Å²) in [4.78, 5) is 40.5. The van der Waals surface area contributed by atoms with Gasteiger partial charge >= 0.3 is 5.69 Å². The number of hydrogen-bond donors (Lipinski definition) is 2. The lowest BCUT2D eigenvalue weighted by molar-refractivity contribution is -0.114. The number of nitrogens with two attached hydrogens (primary N) is 1. The second kappa shape index (κ2) is 10.5. The summed E-state index contributed by atoms with van der Waals surface area (Å²) in [5, 5.41) is 0. The number of carbonyl (C=O) groups is 1. The quantitative estimate of drug-likeness (QED) is 0.600. The van der Waals surface area contributed by atoms with Crippen LogP contribution in [0.15, 0.2) is 33.9 Å². The van der Waals surface area contributed by atoms with Crippen molar-refractivity contribution in [1.82, 2.24) is 9.55 Å². The first-order valence-electron chi connectivity index (χ1n) is 9.36. The van der Waals surface area contributed by atoms with Crippen LogP contribution in [0.1, 0.15) is 25.3 Å². The molecule has 162 valence electrons. The molecule has 1 aromatic heterocycles. The van der Waals surface area contributed by atoms with Crippen LogP contribution in [0.4, 0.5) is 20.3 Å². The highest BCUT2D eigenvalue weighted by Crippen LogP contribution is 2.19. The summed E-state index contributed by atoms with van der Waals surface area (Å²) < 4.78 is 33.8. The first kappa shape index (κ1) is 23.0. The van der Waals surface area contributed by atoms with Crippen molar-refractivity contribution in [3.8, 4) is 0 Å². The van der Waals surface area contributed by atoms with Crippen molar-refractivity contribution in [2.24, 2.45) is 0 Å². The number of benzene rings is 1. The molecule has 2 aromatic rings. The number of aromatic nitrogens is 2. The van der Waals surface area contributed by atoms with Gasteiger partial charge in [0.25, 0.3) is 11.5 Å². The van der Waals surface area contributed by atoms with Crippen LogP contribution in [0.3, 0.4) is 0 Å². The Kier molecular flexibility index (Phi) is 8.05. The van der Waals surface area contributed by atoms with E-state index in [4.69, 9.17) is 10.5 Å². The van der Waals surface area contributed by atoms with Crippen molar-refractivity contribution in [3.05, 3.63) is 62.3 Å². The van der Waals surface area contributed by atoms with Gasteiger partial charge in [0.1, 0.15) is 17.5 Å². The van der Waals surface area contributed by atoms with Gasteiger partial charge in [0.05, 0.1) is 6.61 Å². The number of nitrogen functional groups attached to an aromatic ring is 1. The molecule has 0 aliphatic carbocycles. The van der Waals surface area contributed by atoms with Gasteiger partial charge in [0.2, 0.25) is 0 Å².